The van der Waals surface area contributed by atoms with Gasteiger partial charge in [-0.25, -0.2) is 4.39 Å². The fraction of sp³-hybridized carbons (Fsp3) is 0.333. The van der Waals surface area contributed by atoms with Crippen LogP contribution >= 0.6 is 0 Å². The van der Waals surface area contributed by atoms with Crippen LogP contribution in [0, 0.1) is 5.82 Å². The van der Waals surface area contributed by atoms with E-state index in [1.54, 1.807) is 24.3 Å². The number of rotatable bonds is 14. The van der Waals surface area contributed by atoms with Gasteiger partial charge in [-0.1, -0.05) is 60.7 Å². The standard InChI is InChI=1S/C30H35FN2O4/c1-23(2)36-19-9-18-32-30(35)28(20-24-10-5-3-6-11-24)33(21-25-14-16-26(31)17-15-25)29(34)22-37-27-12-7-4-8-13-27/h3-8,10-17,23,28H,9,18-22H2,1-2H3,(H,32,35)/t28-/m1/s1. The number of halogens is 1. The maximum Gasteiger partial charge on any atom is 0.261 e. The van der Waals surface area contributed by atoms with E-state index in [1.807, 2.05) is 62.4 Å². The lowest BCUT2D eigenvalue weighted by atomic mass is 10.0. The van der Waals surface area contributed by atoms with E-state index in [1.165, 1.54) is 17.0 Å². The fourth-order valence-corrected chi connectivity index (χ4v) is 3.81. The Morgan fingerprint density at radius 1 is 0.892 bits per heavy atom. The Kier molecular flexibility index (Phi) is 11.1. The molecule has 7 heteroatoms. The molecule has 0 aromatic heterocycles. The van der Waals surface area contributed by atoms with Gasteiger partial charge in [-0.05, 0) is 55.7 Å². The van der Waals surface area contributed by atoms with Crippen LogP contribution < -0.4 is 10.1 Å². The van der Waals surface area contributed by atoms with E-state index in [2.05, 4.69) is 5.32 Å². The maximum atomic E-state index is 13.5. The molecule has 2 amide bonds. The molecule has 0 bridgehead atoms. The van der Waals surface area contributed by atoms with Gasteiger partial charge in [0.15, 0.2) is 6.61 Å². The first-order valence-electron chi connectivity index (χ1n) is 12.6. The number of benzene rings is 3. The Hall–Kier alpha value is -3.71. The minimum Gasteiger partial charge on any atom is -0.484 e. The number of hydrogen-bond acceptors (Lipinski definition) is 4. The summed E-state index contributed by atoms with van der Waals surface area (Å²) in [5.74, 6) is -0.404. The van der Waals surface area contributed by atoms with Crippen LogP contribution in [0.25, 0.3) is 0 Å². The van der Waals surface area contributed by atoms with Crippen molar-refractivity contribution in [3.8, 4) is 5.75 Å². The smallest absolute Gasteiger partial charge is 0.261 e. The second-order valence-corrected chi connectivity index (χ2v) is 9.02. The largest absolute Gasteiger partial charge is 0.484 e. The molecular weight excluding hydrogens is 471 g/mol. The molecule has 0 aliphatic heterocycles. The molecule has 0 radical (unpaired) electrons. The third-order valence-electron chi connectivity index (χ3n) is 5.71. The number of carbonyl (C=O) groups excluding carboxylic acids is 2. The van der Waals surface area contributed by atoms with E-state index in [9.17, 15) is 14.0 Å². The van der Waals surface area contributed by atoms with Crippen LogP contribution in [0.1, 0.15) is 31.4 Å². The Balaban J connectivity index is 1.81. The van der Waals surface area contributed by atoms with E-state index in [-0.39, 0.29) is 36.9 Å². The van der Waals surface area contributed by atoms with Gasteiger partial charge in [-0.15, -0.1) is 0 Å². The van der Waals surface area contributed by atoms with E-state index >= 15 is 0 Å². The first kappa shape index (κ1) is 27.9. The van der Waals surface area contributed by atoms with Crippen LogP contribution in [0.2, 0.25) is 0 Å². The Labute approximate surface area is 218 Å². The van der Waals surface area contributed by atoms with E-state index < -0.39 is 6.04 Å². The van der Waals surface area contributed by atoms with Gasteiger partial charge in [-0.2, -0.15) is 0 Å². The SMILES string of the molecule is CC(C)OCCCNC(=O)[C@@H](Cc1ccccc1)N(Cc1ccc(F)cc1)C(=O)COc1ccccc1. The van der Waals surface area contributed by atoms with Gasteiger partial charge >= 0.3 is 0 Å². The van der Waals surface area contributed by atoms with Crippen LogP contribution in [0.3, 0.4) is 0 Å². The molecule has 0 aliphatic carbocycles. The molecular formula is C30H35FN2O4. The quantitative estimate of drug-likeness (QED) is 0.320. The molecule has 6 nitrogen and oxygen atoms in total. The molecule has 196 valence electrons. The van der Waals surface area contributed by atoms with Crippen molar-refractivity contribution in [2.75, 3.05) is 19.8 Å². The van der Waals surface area contributed by atoms with E-state index in [0.717, 1.165) is 5.56 Å². The highest BCUT2D eigenvalue weighted by atomic mass is 19.1. The molecule has 3 aromatic rings. The van der Waals surface area contributed by atoms with Crippen molar-refractivity contribution >= 4 is 11.8 Å². The zero-order valence-electron chi connectivity index (χ0n) is 21.4. The highest BCUT2D eigenvalue weighted by Gasteiger charge is 2.30. The summed E-state index contributed by atoms with van der Waals surface area (Å²) in [5, 5.41) is 2.97. The first-order valence-corrected chi connectivity index (χ1v) is 12.6. The zero-order chi connectivity index (χ0) is 26.5. The molecule has 0 fully saturated rings. The lowest BCUT2D eigenvalue weighted by molar-refractivity contribution is -0.142. The molecule has 3 aromatic carbocycles. The predicted octanol–water partition coefficient (Wildman–Crippen LogP) is 4.78. The van der Waals surface area contributed by atoms with Crippen LogP contribution in [-0.2, 0) is 27.3 Å². The van der Waals surface area contributed by atoms with Gasteiger partial charge in [0.05, 0.1) is 6.10 Å². The lowest BCUT2D eigenvalue weighted by Gasteiger charge is -2.31. The third-order valence-corrected chi connectivity index (χ3v) is 5.71. The summed E-state index contributed by atoms with van der Waals surface area (Å²) in [5.41, 5.74) is 1.64. The maximum absolute atomic E-state index is 13.5. The fourth-order valence-electron chi connectivity index (χ4n) is 3.81. The van der Waals surface area contributed by atoms with E-state index in [0.29, 0.717) is 37.3 Å². The molecule has 0 saturated carbocycles. The number of nitrogens with one attached hydrogen (secondary N) is 1. The van der Waals surface area contributed by atoms with Gasteiger partial charge in [-0.3, -0.25) is 9.59 Å². The minimum atomic E-state index is -0.787. The molecule has 37 heavy (non-hydrogen) atoms. The summed E-state index contributed by atoms with van der Waals surface area (Å²) in [6, 6.07) is 23.8. The van der Waals surface area contributed by atoms with Crippen molar-refractivity contribution in [2.45, 2.75) is 45.4 Å². The Bertz CT molecular complexity index is 1090. The van der Waals surface area contributed by atoms with Gasteiger partial charge in [0.2, 0.25) is 5.91 Å². The third kappa shape index (κ3) is 9.69. The van der Waals surface area contributed by atoms with Crippen LogP contribution in [0.5, 0.6) is 5.75 Å². The number of carbonyl (C=O) groups is 2. The molecule has 3 rings (SSSR count). The second-order valence-electron chi connectivity index (χ2n) is 9.02. The lowest BCUT2D eigenvalue weighted by Crippen LogP contribution is -2.52. The zero-order valence-corrected chi connectivity index (χ0v) is 21.4. The number of para-hydroxylation sites is 1. The van der Waals surface area contributed by atoms with Gasteiger partial charge in [0.1, 0.15) is 17.6 Å². The topological polar surface area (TPSA) is 67.9 Å². The summed E-state index contributed by atoms with van der Waals surface area (Å²) in [7, 11) is 0. The minimum absolute atomic E-state index is 0.120. The molecule has 0 spiro atoms. The molecule has 0 aliphatic rings. The average Bonchev–Trinajstić information content (AvgIpc) is 2.91. The Morgan fingerprint density at radius 2 is 1.54 bits per heavy atom. The number of amides is 2. The van der Waals surface area contributed by atoms with Gasteiger partial charge in [0, 0.05) is 26.1 Å². The van der Waals surface area contributed by atoms with E-state index in [4.69, 9.17) is 9.47 Å². The average molecular weight is 507 g/mol. The summed E-state index contributed by atoms with van der Waals surface area (Å²) in [6.07, 6.45) is 1.10. The first-order chi connectivity index (χ1) is 17.9. The van der Waals surface area contributed by atoms with Crippen LogP contribution in [0.4, 0.5) is 4.39 Å². The molecule has 0 heterocycles. The molecule has 0 unspecified atom stereocenters. The predicted molar refractivity (Wildman–Crippen MR) is 142 cm³/mol. The van der Waals surface area contributed by atoms with Crippen molar-refractivity contribution in [2.24, 2.45) is 0 Å². The van der Waals surface area contributed by atoms with Crippen molar-refractivity contribution in [3.63, 3.8) is 0 Å². The summed E-state index contributed by atoms with van der Waals surface area (Å²) < 4.78 is 24.8. The van der Waals surface area contributed by atoms with Crippen molar-refractivity contribution in [1.29, 1.82) is 0 Å². The molecule has 1 N–H and O–H groups in total. The van der Waals surface area contributed by atoms with Crippen LogP contribution in [0.15, 0.2) is 84.9 Å². The number of nitrogens with zero attached hydrogens (tertiary/aromatic N) is 1. The highest BCUT2D eigenvalue weighted by Crippen LogP contribution is 2.16. The monoisotopic (exact) mass is 506 g/mol. The van der Waals surface area contributed by atoms with Crippen LogP contribution in [-0.4, -0.2) is 48.6 Å². The second kappa shape index (κ2) is 14.8. The molecule has 1 atom stereocenters. The number of ether oxygens (including phenoxy) is 2. The summed E-state index contributed by atoms with van der Waals surface area (Å²) >= 11 is 0. The highest BCUT2D eigenvalue weighted by molar-refractivity contribution is 5.88. The summed E-state index contributed by atoms with van der Waals surface area (Å²) in [6.45, 7) is 4.79. The number of hydrogen-bond donors (Lipinski definition) is 1. The van der Waals surface area contributed by atoms with Gasteiger partial charge < -0.3 is 19.7 Å². The van der Waals surface area contributed by atoms with Crippen molar-refractivity contribution in [3.05, 3.63) is 102 Å². The summed E-state index contributed by atoms with van der Waals surface area (Å²) in [4.78, 5) is 28.5. The molecule has 0 saturated heterocycles. The van der Waals surface area contributed by atoms with Crippen molar-refractivity contribution < 1.29 is 23.5 Å². The Morgan fingerprint density at radius 3 is 2.19 bits per heavy atom. The van der Waals surface area contributed by atoms with Crippen molar-refractivity contribution in [1.82, 2.24) is 10.2 Å². The normalized spacial score (nSPS) is 11.7. The van der Waals surface area contributed by atoms with Gasteiger partial charge in [0.25, 0.3) is 5.91 Å².